The van der Waals surface area contributed by atoms with E-state index in [-0.39, 0.29) is 30.7 Å². The Morgan fingerprint density at radius 2 is 1.42 bits per heavy atom. The summed E-state index contributed by atoms with van der Waals surface area (Å²) in [7, 11) is 0. The molecule has 2 fully saturated rings. The van der Waals surface area contributed by atoms with Crippen LogP contribution in [0.1, 0.15) is 53.9 Å². The van der Waals surface area contributed by atoms with Crippen molar-refractivity contribution in [3.05, 3.63) is 0 Å². The van der Waals surface area contributed by atoms with Gasteiger partial charge in [0.25, 0.3) is 0 Å². The van der Waals surface area contributed by atoms with Gasteiger partial charge in [-0.05, 0) is 51.4 Å². The number of rotatable bonds is 4. The molecule has 0 bridgehead atoms. The predicted octanol–water partition coefficient (Wildman–Crippen LogP) is 4.03. The highest BCUT2D eigenvalue weighted by Gasteiger charge is 2.36. The Hall–Kier alpha value is -0.410. The van der Waals surface area contributed by atoms with Gasteiger partial charge >= 0.3 is 11.9 Å². The third-order valence-electron chi connectivity index (χ3n) is 4.21. The molecule has 0 atom stereocenters. The molecule has 2 aliphatic rings. The van der Waals surface area contributed by atoms with Crippen molar-refractivity contribution in [2.24, 2.45) is 11.3 Å². The first kappa shape index (κ1) is 27.8. The lowest BCUT2D eigenvalue weighted by Gasteiger charge is -2.30. The lowest BCUT2D eigenvalue weighted by atomic mass is 9.82. The van der Waals surface area contributed by atoms with Crippen LogP contribution in [-0.2, 0) is 28.5 Å². The molecule has 0 aromatic heterocycles. The number of alkyl halides is 1. The van der Waals surface area contributed by atoms with Gasteiger partial charge in [-0.1, -0.05) is 30.0 Å². The first-order valence-electron chi connectivity index (χ1n) is 8.90. The van der Waals surface area contributed by atoms with E-state index in [9.17, 15) is 9.59 Å². The normalized spacial score (nSPS) is 18.7. The van der Waals surface area contributed by atoms with Crippen LogP contribution in [0.4, 0.5) is 0 Å². The van der Waals surface area contributed by atoms with Crippen molar-refractivity contribution >= 4 is 34.5 Å². The van der Waals surface area contributed by atoms with Gasteiger partial charge in [-0.3, -0.25) is 9.59 Å². The van der Waals surface area contributed by atoms with Gasteiger partial charge in [0.1, 0.15) is 0 Å². The summed E-state index contributed by atoms with van der Waals surface area (Å²) < 4.78 is 20.2. The molecule has 2 rings (SSSR count). The molecule has 0 N–H and O–H groups in total. The Bertz CT molecular complexity index is 363. The largest absolute Gasteiger partial charge is 0.466 e. The fraction of sp³-hybridized carbons (Fsp3) is 0.895. The van der Waals surface area contributed by atoms with E-state index in [4.69, 9.17) is 18.9 Å². The Morgan fingerprint density at radius 3 is 1.88 bits per heavy atom. The monoisotopic (exact) mass is 488 g/mol. The molecule has 0 aromatic rings. The quantitative estimate of drug-likeness (QED) is 0.338. The average Bonchev–Trinajstić information content (AvgIpc) is 2.66. The zero-order valence-corrected chi connectivity index (χ0v) is 18.1. The molecule has 2 heterocycles. The van der Waals surface area contributed by atoms with E-state index in [1.54, 1.807) is 0 Å². The predicted molar refractivity (Wildman–Crippen MR) is 112 cm³/mol. The van der Waals surface area contributed by atoms with Crippen LogP contribution in [0.3, 0.4) is 0 Å². The zero-order chi connectivity index (χ0) is 19.1. The van der Waals surface area contributed by atoms with Gasteiger partial charge in [0.2, 0.25) is 0 Å². The van der Waals surface area contributed by atoms with E-state index < -0.39 is 0 Å². The molecule has 2 saturated heterocycles. The number of esters is 2. The SMILES string of the molecule is C.CCOC(=O)C1(C)CCOCC1.CCOC(=O)C1CCOCC1.CI. The zero-order valence-electron chi connectivity index (χ0n) is 16.0. The number of halogens is 1. The van der Waals surface area contributed by atoms with E-state index in [1.807, 2.05) is 25.7 Å². The minimum absolute atomic E-state index is 0. The van der Waals surface area contributed by atoms with Crippen molar-refractivity contribution in [2.75, 3.05) is 44.6 Å². The maximum Gasteiger partial charge on any atom is 0.311 e. The van der Waals surface area contributed by atoms with Gasteiger partial charge < -0.3 is 18.9 Å². The van der Waals surface area contributed by atoms with Crippen LogP contribution >= 0.6 is 22.6 Å². The minimum Gasteiger partial charge on any atom is -0.466 e. The molecule has 7 heteroatoms. The maximum atomic E-state index is 11.4. The molecule has 0 aliphatic carbocycles. The Balaban J connectivity index is 0. The highest BCUT2D eigenvalue weighted by Crippen LogP contribution is 2.30. The van der Waals surface area contributed by atoms with Crippen LogP contribution in [0.5, 0.6) is 0 Å². The maximum absolute atomic E-state index is 11.4. The second-order valence-corrected chi connectivity index (χ2v) is 6.03. The summed E-state index contributed by atoms with van der Waals surface area (Å²) in [5.74, 6) is -0.0483. The summed E-state index contributed by atoms with van der Waals surface area (Å²) in [4.78, 5) is 24.5. The lowest BCUT2D eigenvalue weighted by Crippen LogP contribution is -2.35. The van der Waals surface area contributed by atoms with E-state index in [1.165, 1.54) is 0 Å². The molecule has 0 saturated carbocycles. The van der Waals surface area contributed by atoms with Crippen molar-refractivity contribution in [2.45, 2.75) is 53.9 Å². The van der Waals surface area contributed by atoms with E-state index in [0.717, 1.165) is 25.7 Å². The molecule has 0 unspecified atom stereocenters. The van der Waals surface area contributed by atoms with Crippen LogP contribution < -0.4 is 0 Å². The third kappa shape index (κ3) is 10.7. The smallest absolute Gasteiger partial charge is 0.311 e. The number of hydrogen-bond donors (Lipinski definition) is 0. The van der Waals surface area contributed by atoms with E-state index in [0.29, 0.717) is 39.6 Å². The second-order valence-electron chi connectivity index (χ2n) is 6.03. The van der Waals surface area contributed by atoms with Gasteiger partial charge in [0.15, 0.2) is 0 Å². The highest BCUT2D eigenvalue weighted by molar-refractivity contribution is 14.1. The van der Waals surface area contributed by atoms with Gasteiger partial charge in [0, 0.05) is 26.4 Å². The lowest BCUT2D eigenvalue weighted by molar-refractivity contribution is -0.159. The summed E-state index contributed by atoms with van der Waals surface area (Å²) in [5, 5.41) is 0. The molecular formula is C19H37IO6. The van der Waals surface area contributed by atoms with Crippen LogP contribution in [0.15, 0.2) is 0 Å². The molecule has 0 spiro atoms. The molecule has 156 valence electrons. The molecule has 26 heavy (non-hydrogen) atoms. The topological polar surface area (TPSA) is 71.1 Å². The van der Waals surface area contributed by atoms with E-state index >= 15 is 0 Å². The fourth-order valence-corrected chi connectivity index (χ4v) is 2.52. The van der Waals surface area contributed by atoms with Crippen molar-refractivity contribution < 1.29 is 28.5 Å². The summed E-state index contributed by atoms with van der Waals surface area (Å²) in [6.45, 7) is 9.31. The number of ether oxygens (including phenoxy) is 4. The number of carbonyl (C=O) groups excluding carboxylic acids is 2. The van der Waals surface area contributed by atoms with Crippen molar-refractivity contribution in [3.63, 3.8) is 0 Å². The van der Waals surface area contributed by atoms with Crippen molar-refractivity contribution in [3.8, 4) is 0 Å². The average molecular weight is 488 g/mol. The molecule has 2 aliphatic heterocycles. The first-order valence-corrected chi connectivity index (χ1v) is 11.1. The molecular weight excluding hydrogens is 451 g/mol. The molecule has 0 amide bonds. The van der Waals surface area contributed by atoms with Crippen molar-refractivity contribution in [1.29, 1.82) is 0 Å². The Kier molecular flexibility index (Phi) is 17.9. The summed E-state index contributed by atoms with van der Waals surface area (Å²) >= 11 is 2.15. The van der Waals surface area contributed by atoms with Crippen LogP contribution in [0.2, 0.25) is 0 Å². The first-order chi connectivity index (χ1) is 12.0. The van der Waals surface area contributed by atoms with Crippen LogP contribution in [0.25, 0.3) is 0 Å². The standard InChI is InChI=1S/C9H16O3.C8H14O3.CH3I.CH4/c1-3-12-8(10)9(2)4-6-11-7-5-9;1-2-11-8(9)7-3-5-10-6-4-7;1-2;/h3-7H2,1-2H3;7H,2-6H2,1H3;1H3;1H4. The van der Waals surface area contributed by atoms with Crippen molar-refractivity contribution in [1.82, 2.24) is 0 Å². The number of carbonyl (C=O) groups is 2. The molecule has 6 nitrogen and oxygen atoms in total. The van der Waals surface area contributed by atoms with Crippen LogP contribution in [0, 0.1) is 11.3 Å². The van der Waals surface area contributed by atoms with Gasteiger partial charge in [-0.15, -0.1) is 0 Å². The Labute approximate surface area is 172 Å². The van der Waals surface area contributed by atoms with Gasteiger partial charge in [0.05, 0.1) is 24.5 Å². The molecule has 0 aromatic carbocycles. The summed E-state index contributed by atoms with van der Waals surface area (Å²) in [5.41, 5.74) is -0.297. The van der Waals surface area contributed by atoms with Gasteiger partial charge in [-0.25, -0.2) is 0 Å². The Morgan fingerprint density at radius 1 is 0.962 bits per heavy atom. The van der Waals surface area contributed by atoms with Gasteiger partial charge in [-0.2, -0.15) is 0 Å². The van der Waals surface area contributed by atoms with Crippen LogP contribution in [-0.4, -0.2) is 56.5 Å². The summed E-state index contributed by atoms with van der Waals surface area (Å²) in [6.07, 6.45) is 3.20. The molecule has 0 radical (unpaired) electrons. The number of hydrogen-bond acceptors (Lipinski definition) is 6. The van der Waals surface area contributed by atoms with E-state index in [2.05, 4.69) is 22.6 Å². The highest BCUT2D eigenvalue weighted by atomic mass is 127. The fourth-order valence-electron chi connectivity index (χ4n) is 2.52. The second kappa shape index (κ2) is 16.7. The summed E-state index contributed by atoms with van der Waals surface area (Å²) in [6, 6.07) is 0. The third-order valence-corrected chi connectivity index (χ3v) is 4.21. The minimum atomic E-state index is -0.297.